The summed E-state index contributed by atoms with van der Waals surface area (Å²) in [6.07, 6.45) is 0. The number of ether oxygens (including phenoxy) is 1. The van der Waals surface area contributed by atoms with Gasteiger partial charge in [0.2, 0.25) is 0 Å². The number of rotatable bonds is 2. The van der Waals surface area contributed by atoms with E-state index in [1.54, 1.807) is 6.07 Å². The fourth-order valence-electron chi connectivity index (χ4n) is 2.75. The van der Waals surface area contributed by atoms with Gasteiger partial charge >= 0.3 is 0 Å². The first kappa shape index (κ1) is 13.9. The fraction of sp³-hybridized carbons (Fsp3) is 0.294. The molecule has 0 fully saturated rings. The molecule has 3 nitrogen and oxygen atoms in total. The van der Waals surface area contributed by atoms with Crippen molar-refractivity contribution in [3.05, 3.63) is 59.4 Å². The minimum absolute atomic E-state index is 0.213. The summed E-state index contributed by atoms with van der Waals surface area (Å²) in [6.45, 7) is 3.66. The fourth-order valence-corrected chi connectivity index (χ4v) is 2.75. The van der Waals surface area contributed by atoms with E-state index in [2.05, 4.69) is 0 Å². The summed E-state index contributed by atoms with van der Waals surface area (Å²) in [6, 6.07) is 12.8. The topological polar surface area (TPSA) is 38.5 Å². The van der Waals surface area contributed by atoms with Gasteiger partial charge in [0.25, 0.3) is 0 Å². The van der Waals surface area contributed by atoms with Crippen molar-refractivity contribution in [3.63, 3.8) is 0 Å². The Morgan fingerprint density at radius 2 is 2.00 bits per heavy atom. The number of hydrogen-bond donors (Lipinski definition) is 1. The number of anilines is 1. The summed E-state index contributed by atoms with van der Waals surface area (Å²) in [5, 5.41) is 0. The lowest BCUT2D eigenvalue weighted by molar-refractivity contribution is 0.331. The number of fused-ring (bicyclic) bond motifs is 1. The van der Waals surface area contributed by atoms with Crippen LogP contribution in [0.3, 0.4) is 0 Å². The highest BCUT2D eigenvalue weighted by Crippen LogP contribution is 2.32. The van der Waals surface area contributed by atoms with Crippen LogP contribution in [0.2, 0.25) is 0 Å². The predicted octanol–water partition coefficient (Wildman–Crippen LogP) is 3.24. The molecule has 3 rings (SSSR count). The molecular formula is C17H19FN2O. The molecule has 110 valence electrons. The van der Waals surface area contributed by atoms with Crippen LogP contribution in [0.4, 0.5) is 10.1 Å². The standard InChI is InChI=1S/C17H19FN2O/c1-12(19)14-6-4-7-15(18)17(14)20-9-10-21-16-8-3-2-5-13(16)11-20/h2-8,12H,9-11,19H2,1H3. The Balaban J connectivity index is 2.02. The van der Waals surface area contributed by atoms with Crippen molar-refractivity contribution in [1.29, 1.82) is 0 Å². The molecule has 0 bridgehead atoms. The Kier molecular flexibility index (Phi) is 3.80. The van der Waals surface area contributed by atoms with Gasteiger partial charge in [-0.2, -0.15) is 0 Å². The minimum atomic E-state index is -0.232. The van der Waals surface area contributed by atoms with Gasteiger partial charge < -0.3 is 15.4 Å². The Hall–Kier alpha value is -2.07. The Bertz CT molecular complexity index is 642. The zero-order chi connectivity index (χ0) is 14.8. The van der Waals surface area contributed by atoms with Gasteiger partial charge in [-0.15, -0.1) is 0 Å². The van der Waals surface area contributed by atoms with Crippen molar-refractivity contribution < 1.29 is 9.13 Å². The molecule has 0 saturated carbocycles. The summed E-state index contributed by atoms with van der Waals surface area (Å²) in [4.78, 5) is 2.01. The molecule has 0 amide bonds. The van der Waals surface area contributed by atoms with Crippen LogP contribution >= 0.6 is 0 Å². The van der Waals surface area contributed by atoms with Crippen molar-refractivity contribution in [3.8, 4) is 5.75 Å². The monoisotopic (exact) mass is 286 g/mol. The maximum Gasteiger partial charge on any atom is 0.146 e. The SMILES string of the molecule is CC(N)c1cccc(F)c1N1CCOc2ccccc2C1. The highest BCUT2D eigenvalue weighted by atomic mass is 19.1. The normalized spacial score (nSPS) is 15.9. The molecule has 2 aromatic rings. The van der Waals surface area contributed by atoms with E-state index < -0.39 is 0 Å². The molecule has 4 heteroatoms. The molecule has 0 saturated heterocycles. The van der Waals surface area contributed by atoms with Crippen molar-refractivity contribution in [2.45, 2.75) is 19.5 Å². The van der Waals surface area contributed by atoms with Gasteiger partial charge in [0.05, 0.1) is 12.2 Å². The van der Waals surface area contributed by atoms with Gasteiger partial charge in [-0.25, -0.2) is 4.39 Å². The van der Waals surface area contributed by atoms with Gasteiger partial charge in [-0.1, -0.05) is 30.3 Å². The summed E-state index contributed by atoms with van der Waals surface area (Å²) in [7, 11) is 0. The molecule has 2 N–H and O–H groups in total. The van der Waals surface area contributed by atoms with Crippen LogP contribution in [0.25, 0.3) is 0 Å². The van der Waals surface area contributed by atoms with Gasteiger partial charge in [0.15, 0.2) is 0 Å². The first-order valence-corrected chi connectivity index (χ1v) is 7.16. The summed E-state index contributed by atoms with van der Waals surface area (Å²) in [5.74, 6) is 0.642. The first-order valence-electron chi connectivity index (χ1n) is 7.16. The summed E-state index contributed by atoms with van der Waals surface area (Å²) >= 11 is 0. The van der Waals surface area contributed by atoms with E-state index in [1.807, 2.05) is 42.2 Å². The lowest BCUT2D eigenvalue weighted by Crippen LogP contribution is -2.28. The van der Waals surface area contributed by atoms with Crippen LogP contribution in [-0.4, -0.2) is 13.2 Å². The molecule has 0 aromatic heterocycles. The van der Waals surface area contributed by atoms with E-state index in [4.69, 9.17) is 10.5 Å². The molecule has 1 aliphatic rings. The van der Waals surface area contributed by atoms with E-state index in [9.17, 15) is 4.39 Å². The van der Waals surface area contributed by atoms with Crippen molar-refractivity contribution in [2.75, 3.05) is 18.1 Å². The average molecular weight is 286 g/mol. The van der Waals surface area contributed by atoms with Crippen LogP contribution in [0, 0.1) is 5.82 Å². The number of benzene rings is 2. The molecule has 2 aromatic carbocycles. The molecule has 0 radical (unpaired) electrons. The van der Waals surface area contributed by atoms with E-state index in [-0.39, 0.29) is 11.9 Å². The minimum Gasteiger partial charge on any atom is -0.491 e. The predicted molar refractivity (Wildman–Crippen MR) is 82.0 cm³/mol. The smallest absolute Gasteiger partial charge is 0.146 e. The number of hydrogen-bond acceptors (Lipinski definition) is 3. The van der Waals surface area contributed by atoms with Gasteiger partial charge in [0, 0.05) is 18.2 Å². The van der Waals surface area contributed by atoms with E-state index in [0.29, 0.717) is 25.4 Å². The van der Waals surface area contributed by atoms with Gasteiger partial charge in [-0.3, -0.25) is 0 Å². The zero-order valence-corrected chi connectivity index (χ0v) is 12.1. The van der Waals surface area contributed by atoms with Crippen molar-refractivity contribution in [2.24, 2.45) is 5.73 Å². The Labute approximate surface area is 124 Å². The van der Waals surface area contributed by atoms with Crippen LogP contribution in [0.1, 0.15) is 24.1 Å². The highest BCUT2D eigenvalue weighted by molar-refractivity contribution is 5.57. The number of para-hydroxylation sites is 2. The molecule has 21 heavy (non-hydrogen) atoms. The molecule has 1 unspecified atom stereocenters. The summed E-state index contributed by atoms with van der Waals surface area (Å²) < 4.78 is 20.1. The molecule has 1 heterocycles. The van der Waals surface area contributed by atoms with Gasteiger partial charge in [-0.05, 0) is 24.6 Å². The second-order valence-electron chi connectivity index (χ2n) is 5.34. The average Bonchev–Trinajstić information content (AvgIpc) is 2.68. The van der Waals surface area contributed by atoms with Crippen LogP contribution < -0.4 is 15.4 Å². The lowest BCUT2D eigenvalue weighted by Gasteiger charge is -2.26. The van der Waals surface area contributed by atoms with E-state index in [1.165, 1.54) is 6.07 Å². The highest BCUT2D eigenvalue weighted by Gasteiger charge is 2.21. The van der Waals surface area contributed by atoms with Crippen LogP contribution in [0.15, 0.2) is 42.5 Å². The van der Waals surface area contributed by atoms with Crippen LogP contribution in [0.5, 0.6) is 5.75 Å². The first-order chi connectivity index (χ1) is 10.2. The third-order valence-electron chi connectivity index (χ3n) is 3.78. The third kappa shape index (κ3) is 2.72. The van der Waals surface area contributed by atoms with Crippen molar-refractivity contribution >= 4 is 5.69 Å². The molecular weight excluding hydrogens is 267 g/mol. The lowest BCUT2D eigenvalue weighted by atomic mass is 10.0. The van der Waals surface area contributed by atoms with E-state index in [0.717, 1.165) is 16.9 Å². The molecule has 1 aliphatic heterocycles. The second kappa shape index (κ2) is 5.74. The number of halogens is 1. The third-order valence-corrected chi connectivity index (χ3v) is 3.78. The second-order valence-corrected chi connectivity index (χ2v) is 5.34. The summed E-state index contributed by atoms with van der Waals surface area (Å²) in [5.41, 5.74) is 8.48. The zero-order valence-electron chi connectivity index (χ0n) is 12.1. The van der Waals surface area contributed by atoms with E-state index >= 15 is 0 Å². The molecule has 0 aliphatic carbocycles. The molecule has 1 atom stereocenters. The van der Waals surface area contributed by atoms with Crippen molar-refractivity contribution in [1.82, 2.24) is 0 Å². The number of nitrogens with zero attached hydrogens (tertiary/aromatic N) is 1. The molecule has 0 spiro atoms. The van der Waals surface area contributed by atoms with Gasteiger partial charge in [0.1, 0.15) is 18.2 Å². The quantitative estimate of drug-likeness (QED) is 0.921. The maximum absolute atomic E-state index is 14.4. The van der Waals surface area contributed by atoms with Crippen LogP contribution in [-0.2, 0) is 6.54 Å². The maximum atomic E-state index is 14.4. The largest absolute Gasteiger partial charge is 0.491 e. The number of nitrogens with two attached hydrogens (primary N) is 1. The Morgan fingerprint density at radius 1 is 1.19 bits per heavy atom. The Morgan fingerprint density at radius 3 is 2.81 bits per heavy atom.